The van der Waals surface area contributed by atoms with Gasteiger partial charge >= 0.3 is 5.63 Å². The highest BCUT2D eigenvalue weighted by molar-refractivity contribution is 6.06. The van der Waals surface area contributed by atoms with Gasteiger partial charge in [-0.25, -0.2) is 4.79 Å². The summed E-state index contributed by atoms with van der Waals surface area (Å²) in [6.07, 6.45) is 0. The first-order valence-electron chi connectivity index (χ1n) is 9.62. The normalized spacial score (nSPS) is 15.7. The van der Waals surface area contributed by atoms with Crippen molar-refractivity contribution in [2.24, 2.45) is 5.73 Å². The number of benzene rings is 3. The molecule has 2 heterocycles. The lowest BCUT2D eigenvalue weighted by Gasteiger charge is -2.27. The smallest absolute Gasteiger partial charge is 0.344 e. The van der Waals surface area contributed by atoms with E-state index in [0.717, 1.165) is 27.5 Å². The van der Waals surface area contributed by atoms with Crippen molar-refractivity contribution >= 4 is 21.7 Å². The quantitative estimate of drug-likeness (QED) is 0.371. The van der Waals surface area contributed by atoms with E-state index in [-0.39, 0.29) is 11.5 Å². The van der Waals surface area contributed by atoms with E-state index in [1.807, 2.05) is 68.4 Å². The lowest BCUT2D eigenvalue weighted by molar-refractivity contribution is 0.388. The van der Waals surface area contributed by atoms with Crippen molar-refractivity contribution in [3.63, 3.8) is 0 Å². The summed E-state index contributed by atoms with van der Waals surface area (Å²) in [5.74, 6) is -0.282. The number of nitrogens with zero attached hydrogens (tertiary/aromatic N) is 1. The van der Waals surface area contributed by atoms with E-state index in [2.05, 4.69) is 6.07 Å². The van der Waals surface area contributed by atoms with Crippen molar-refractivity contribution in [2.45, 2.75) is 19.8 Å². The number of ether oxygens (including phenoxy) is 1. The van der Waals surface area contributed by atoms with Crippen LogP contribution in [0.4, 0.5) is 0 Å². The SMILES string of the molecule is Cc1ccc(C2C(C#N)=C(N)Oc3c2c(=O)oc2c3ccc3ccccc32)c(C)c1. The fourth-order valence-electron chi connectivity index (χ4n) is 4.31. The van der Waals surface area contributed by atoms with Crippen LogP contribution in [0.1, 0.15) is 28.2 Å². The minimum atomic E-state index is -0.647. The highest BCUT2D eigenvalue weighted by Gasteiger charge is 2.36. The van der Waals surface area contributed by atoms with E-state index in [1.54, 1.807) is 0 Å². The summed E-state index contributed by atoms with van der Waals surface area (Å²) in [5.41, 5.74) is 9.49. The molecule has 5 heteroatoms. The predicted octanol–water partition coefficient (Wildman–Crippen LogP) is 4.78. The van der Waals surface area contributed by atoms with Gasteiger partial charge in [0.2, 0.25) is 5.88 Å². The fraction of sp³-hybridized carbons (Fsp3) is 0.120. The Morgan fingerprint density at radius 3 is 2.60 bits per heavy atom. The Balaban J connectivity index is 1.90. The molecule has 146 valence electrons. The van der Waals surface area contributed by atoms with Gasteiger partial charge in [-0.3, -0.25) is 0 Å². The Kier molecular flexibility index (Phi) is 3.90. The summed E-state index contributed by atoms with van der Waals surface area (Å²) in [4.78, 5) is 13.2. The predicted molar refractivity (Wildman–Crippen MR) is 115 cm³/mol. The minimum absolute atomic E-state index is 0.00929. The highest BCUT2D eigenvalue weighted by atomic mass is 16.5. The zero-order valence-corrected chi connectivity index (χ0v) is 16.5. The summed E-state index contributed by atoms with van der Waals surface area (Å²) in [7, 11) is 0. The van der Waals surface area contributed by atoms with Crippen LogP contribution in [0, 0.1) is 25.2 Å². The summed E-state index contributed by atoms with van der Waals surface area (Å²) in [6.45, 7) is 3.95. The number of fused-ring (bicyclic) bond motifs is 5. The Morgan fingerprint density at radius 2 is 1.83 bits per heavy atom. The molecule has 3 aromatic carbocycles. The second-order valence-corrected chi connectivity index (χ2v) is 7.58. The van der Waals surface area contributed by atoms with Gasteiger partial charge in [0, 0.05) is 5.39 Å². The molecule has 0 fully saturated rings. The van der Waals surface area contributed by atoms with Gasteiger partial charge in [0.1, 0.15) is 17.2 Å². The average molecular weight is 394 g/mol. The van der Waals surface area contributed by atoms with E-state index in [4.69, 9.17) is 14.9 Å². The van der Waals surface area contributed by atoms with Gasteiger partial charge in [-0.2, -0.15) is 5.26 Å². The van der Waals surface area contributed by atoms with Crippen LogP contribution in [0.3, 0.4) is 0 Å². The molecular weight excluding hydrogens is 376 g/mol. The number of nitrogens with two attached hydrogens (primary N) is 1. The Hall–Kier alpha value is -4.04. The van der Waals surface area contributed by atoms with Crippen LogP contribution < -0.4 is 16.1 Å². The summed E-state index contributed by atoms with van der Waals surface area (Å²) in [5, 5.41) is 12.2. The molecule has 1 aromatic heterocycles. The van der Waals surface area contributed by atoms with Crippen LogP contribution in [0.2, 0.25) is 0 Å². The molecule has 0 aliphatic carbocycles. The molecule has 1 aliphatic rings. The van der Waals surface area contributed by atoms with Crippen molar-refractivity contribution < 1.29 is 9.15 Å². The maximum absolute atomic E-state index is 13.2. The maximum Gasteiger partial charge on any atom is 0.344 e. The van der Waals surface area contributed by atoms with Crippen LogP contribution in [-0.4, -0.2) is 0 Å². The van der Waals surface area contributed by atoms with Crippen LogP contribution in [0.15, 0.2) is 75.3 Å². The van der Waals surface area contributed by atoms with Crippen LogP contribution in [0.25, 0.3) is 21.7 Å². The van der Waals surface area contributed by atoms with Crippen molar-refractivity contribution in [3.8, 4) is 11.8 Å². The second kappa shape index (κ2) is 6.50. The number of allylic oxidation sites excluding steroid dienone is 1. The number of aryl methyl sites for hydroxylation is 2. The summed E-state index contributed by atoms with van der Waals surface area (Å²) >= 11 is 0. The van der Waals surface area contributed by atoms with Gasteiger partial charge in [0.05, 0.1) is 16.9 Å². The molecule has 0 spiro atoms. The van der Waals surface area contributed by atoms with E-state index in [1.165, 1.54) is 0 Å². The Bertz CT molecular complexity index is 1490. The molecule has 5 rings (SSSR count). The molecule has 0 amide bonds. The van der Waals surface area contributed by atoms with Gasteiger partial charge in [-0.1, -0.05) is 54.1 Å². The first kappa shape index (κ1) is 18.0. The molecule has 0 bridgehead atoms. The molecule has 2 N–H and O–H groups in total. The molecule has 5 nitrogen and oxygen atoms in total. The molecule has 0 saturated heterocycles. The third-order valence-electron chi connectivity index (χ3n) is 5.70. The highest BCUT2D eigenvalue weighted by Crippen LogP contribution is 2.45. The van der Waals surface area contributed by atoms with Crippen molar-refractivity contribution in [1.29, 1.82) is 5.26 Å². The average Bonchev–Trinajstić information content (AvgIpc) is 2.73. The Morgan fingerprint density at radius 1 is 1.03 bits per heavy atom. The maximum atomic E-state index is 13.2. The zero-order valence-electron chi connectivity index (χ0n) is 16.5. The zero-order chi connectivity index (χ0) is 21.0. The number of hydrogen-bond donors (Lipinski definition) is 1. The molecule has 1 atom stereocenters. The second-order valence-electron chi connectivity index (χ2n) is 7.58. The third-order valence-corrected chi connectivity index (χ3v) is 5.70. The first-order valence-corrected chi connectivity index (χ1v) is 9.62. The lowest BCUT2D eigenvalue weighted by Crippen LogP contribution is -2.26. The van der Waals surface area contributed by atoms with Gasteiger partial charge < -0.3 is 14.9 Å². The van der Waals surface area contributed by atoms with Crippen molar-refractivity contribution in [3.05, 3.63) is 98.7 Å². The largest absolute Gasteiger partial charge is 0.439 e. The van der Waals surface area contributed by atoms with E-state index in [9.17, 15) is 10.1 Å². The summed E-state index contributed by atoms with van der Waals surface area (Å²) < 4.78 is 11.7. The van der Waals surface area contributed by atoms with E-state index >= 15 is 0 Å². The van der Waals surface area contributed by atoms with Crippen molar-refractivity contribution in [1.82, 2.24) is 0 Å². The Labute approximate surface area is 172 Å². The van der Waals surface area contributed by atoms with Crippen LogP contribution in [0.5, 0.6) is 5.75 Å². The van der Waals surface area contributed by atoms with E-state index in [0.29, 0.717) is 22.3 Å². The van der Waals surface area contributed by atoms with Crippen molar-refractivity contribution in [2.75, 3.05) is 0 Å². The molecule has 0 saturated carbocycles. The van der Waals surface area contributed by atoms with Gasteiger partial charge in [-0.15, -0.1) is 0 Å². The molecule has 1 aliphatic heterocycles. The minimum Gasteiger partial charge on any atom is -0.439 e. The molecule has 30 heavy (non-hydrogen) atoms. The van der Waals surface area contributed by atoms with E-state index < -0.39 is 11.5 Å². The van der Waals surface area contributed by atoms with Crippen LogP contribution in [-0.2, 0) is 0 Å². The first-order chi connectivity index (χ1) is 14.5. The monoisotopic (exact) mass is 394 g/mol. The van der Waals surface area contributed by atoms with Gasteiger partial charge in [0.15, 0.2) is 5.75 Å². The molecule has 1 unspecified atom stereocenters. The number of nitriles is 1. The number of rotatable bonds is 1. The number of hydrogen-bond acceptors (Lipinski definition) is 5. The van der Waals surface area contributed by atoms with Gasteiger partial charge in [0.25, 0.3) is 0 Å². The fourth-order valence-corrected chi connectivity index (χ4v) is 4.31. The molecule has 0 radical (unpaired) electrons. The topological polar surface area (TPSA) is 89.3 Å². The van der Waals surface area contributed by atoms with Crippen LogP contribution >= 0.6 is 0 Å². The lowest BCUT2D eigenvalue weighted by atomic mass is 9.81. The molecule has 4 aromatic rings. The van der Waals surface area contributed by atoms with Gasteiger partial charge in [-0.05, 0) is 36.4 Å². The molecular formula is C25H18N2O3. The standard InChI is InChI=1S/C25H18N2O3/c1-13-7-9-16(14(2)11-13)20-19(12-26)24(27)29-23-18-10-8-15-5-3-4-6-17(15)22(18)30-25(28)21(20)23/h3-11,20H,27H2,1-2H3. The summed E-state index contributed by atoms with van der Waals surface area (Å²) in [6, 6.07) is 19.5. The third kappa shape index (κ3) is 2.51.